The Bertz CT molecular complexity index is 736. The second-order valence-electron chi connectivity index (χ2n) is 5.23. The average Bonchev–Trinajstić information content (AvgIpc) is 2.94. The molecule has 5 heteroatoms. The Labute approximate surface area is 123 Å². The van der Waals surface area contributed by atoms with Gasteiger partial charge in [-0.1, -0.05) is 6.07 Å². The lowest BCUT2D eigenvalue weighted by molar-refractivity contribution is 0.261. The van der Waals surface area contributed by atoms with Crippen molar-refractivity contribution in [3.63, 3.8) is 0 Å². The van der Waals surface area contributed by atoms with Gasteiger partial charge in [0, 0.05) is 23.7 Å². The number of nitrogens with one attached hydrogen (secondary N) is 1. The molecular formula is C16H18N4O. The van der Waals surface area contributed by atoms with Crippen molar-refractivity contribution in [3.8, 4) is 16.9 Å². The van der Waals surface area contributed by atoms with Gasteiger partial charge in [0.25, 0.3) is 0 Å². The van der Waals surface area contributed by atoms with E-state index in [0.29, 0.717) is 6.61 Å². The number of aromatic nitrogens is 3. The minimum Gasteiger partial charge on any atom is -0.491 e. The first kappa shape index (κ1) is 13.6. The van der Waals surface area contributed by atoms with Crippen LogP contribution in [-0.2, 0) is 0 Å². The third-order valence-electron chi connectivity index (χ3n) is 3.29. The number of nitrogens with zero attached hydrogens (tertiary/aromatic N) is 3. The van der Waals surface area contributed by atoms with E-state index in [1.807, 2.05) is 38.6 Å². The Balaban J connectivity index is 1.81. The van der Waals surface area contributed by atoms with Crippen LogP contribution in [0, 0.1) is 0 Å². The van der Waals surface area contributed by atoms with E-state index in [1.54, 1.807) is 6.20 Å². The maximum atomic E-state index is 5.73. The van der Waals surface area contributed by atoms with Crippen LogP contribution in [0.25, 0.3) is 22.0 Å². The van der Waals surface area contributed by atoms with Gasteiger partial charge in [-0.2, -0.15) is 5.10 Å². The molecule has 0 spiro atoms. The smallest absolute Gasteiger partial charge is 0.138 e. The lowest BCUT2D eigenvalue weighted by Gasteiger charge is -2.11. The Morgan fingerprint density at radius 2 is 2.00 bits per heavy atom. The molecule has 1 aromatic carbocycles. The Kier molecular flexibility index (Phi) is 3.83. The first-order valence-corrected chi connectivity index (χ1v) is 6.88. The van der Waals surface area contributed by atoms with Crippen molar-refractivity contribution < 1.29 is 4.74 Å². The van der Waals surface area contributed by atoms with Gasteiger partial charge in [-0.05, 0) is 37.9 Å². The molecule has 2 heterocycles. The number of benzene rings is 1. The molecule has 0 radical (unpaired) electrons. The van der Waals surface area contributed by atoms with Gasteiger partial charge in [0.2, 0.25) is 0 Å². The highest BCUT2D eigenvalue weighted by molar-refractivity contribution is 5.83. The number of hydrogen-bond donors (Lipinski definition) is 1. The van der Waals surface area contributed by atoms with Crippen LogP contribution in [0.4, 0.5) is 0 Å². The Morgan fingerprint density at radius 1 is 1.10 bits per heavy atom. The summed E-state index contributed by atoms with van der Waals surface area (Å²) in [6, 6.07) is 8.20. The molecule has 0 atom stereocenters. The molecule has 3 aromatic rings. The van der Waals surface area contributed by atoms with Crippen molar-refractivity contribution in [2.75, 3.05) is 27.2 Å². The fraction of sp³-hybridized carbons (Fsp3) is 0.250. The number of likely N-dealkylation sites (N-methyl/N-ethyl adjacent to an activating group) is 1. The van der Waals surface area contributed by atoms with Crippen LogP contribution in [0.1, 0.15) is 0 Å². The number of fused-ring (bicyclic) bond motifs is 1. The van der Waals surface area contributed by atoms with Gasteiger partial charge in [0.1, 0.15) is 12.4 Å². The fourth-order valence-corrected chi connectivity index (χ4v) is 2.12. The quantitative estimate of drug-likeness (QED) is 0.781. The molecule has 1 N–H and O–H groups in total. The van der Waals surface area contributed by atoms with Crippen LogP contribution in [0.15, 0.2) is 42.9 Å². The van der Waals surface area contributed by atoms with Crippen LogP contribution in [0.3, 0.4) is 0 Å². The zero-order chi connectivity index (χ0) is 14.7. The van der Waals surface area contributed by atoms with E-state index in [0.717, 1.165) is 34.3 Å². The maximum Gasteiger partial charge on any atom is 0.138 e. The number of pyridine rings is 1. The minimum atomic E-state index is 0.652. The Morgan fingerprint density at radius 3 is 2.86 bits per heavy atom. The standard InChI is InChI=1S/C16H18N4O/c1-20(2)5-6-21-15-8-13(9-17-11-15)12-3-4-16-14(7-12)10-18-19-16/h3-4,7-11H,5-6H2,1-2H3,(H,18,19). The molecule has 21 heavy (non-hydrogen) atoms. The van der Waals surface area contributed by atoms with Crippen molar-refractivity contribution in [1.29, 1.82) is 0 Å². The van der Waals surface area contributed by atoms with E-state index in [1.165, 1.54) is 0 Å². The van der Waals surface area contributed by atoms with Crippen molar-refractivity contribution in [2.24, 2.45) is 0 Å². The third-order valence-corrected chi connectivity index (χ3v) is 3.29. The molecule has 108 valence electrons. The van der Waals surface area contributed by atoms with Gasteiger partial charge >= 0.3 is 0 Å². The molecule has 0 amide bonds. The molecule has 0 aliphatic carbocycles. The summed E-state index contributed by atoms with van der Waals surface area (Å²) in [7, 11) is 4.05. The summed E-state index contributed by atoms with van der Waals surface area (Å²) < 4.78 is 5.73. The summed E-state index contributed by atoms with van der Waals surface area (Å²) >= 11 is 0. The SMILES string of the molecule is CN(C)CCOc1cncc(-c2ccc3[nH]ncc3c2)c1. The molecule has 2 aromatic heterocycles. The van der Waals surface area contributed by atoms with Crippen molar-refractivity contribution in [1.82, 2.24) is 20.1 Å². The van der Waals surface area contributed by atoms with Crippen molar-refractivity contribution in [2.45, 2.75) is 0 Å². The number of rotatable bonds is 5. The molecule has 3 rings (SSSR count). The first-order chi connectivity index (χ1) is 10.2. The maximum absolute atomic E-state index is 5.73. The predicted octanol–water partition coefficient (Wildman–Crippen LogP) is 2.57. The molecular weight excluding hydrogens is 264 g/mol. The summed E-state index contributed by atoms with van der Waals surface area (Å²) in [6.07, 6.45) is 5.42. The highest BCUT2D eigenvalue weighted by Crippen LogP contribution is 2.25. The molecule has 0 saturated heterocycles. The van der Waals surface area contributed by atoms with Gasteiger partial charge < -0.3 is 9.64 Å². The minimum absolute atomic E-state index is 0.652. The molecule has 0 saturated carbocycles. The highest BCUT2D eigenvalue weighted by atomic mass is 16.5. The van der Waals surface area contributed by atoms with Gasteiger partial charge in [-0.3, -0.25) is 10.1 Å². The van der Waals surface area contributed by atoms with Gasteiger partial charge in [-0.15, -0.1) is 0 Å². The summed E-state index contributed by atoms with van der Waals surface area (Å²) in [5.41, 5.74) is 3.18. The molecule has 0 bridgehead atoms. The summed E-state index contributed by atoms with van der Waals surface area (Å²) in [6.45, 7) is 1.53. The van der Waals surface area contributed by atoms with Crippen LogP contribution < -0.4 is 4.74 Å². The summed E-state index contributed by atoms with van der Waals surface area (Å²) in [5, 5.41) is 8.08. The fourth-order valence-electron chi connectivity index (χ4n) is 2.12. The predicted molar refractivity (Wildman–Crippen MR) is 83.4 cm³/mol. The lowest BCUT2D eigenvalue weighted by atomic mass is 10.1. The summed E-state index contributed by atoms with van der Waals surface area (Å²) in [5.74, 6) is 0.793. The molecule has 0 aliphatic rings. The molecule has 5 nitrogen and oxygen atoms in total. The second kappa shape index (κ2) is 5.93. The van der Waals surface area contributed by atoms with E-state index in [4.69, 9.17) is 4.74 Å². The third kappa shape index (κ3) is 3.20. The normalized spacial score (nSPS) is 11.2. The monoisotopic (exact) mass is 282 g/mol. The summed E-state index contributed by atoms with van der Waals surface area (Å²) in [4.78, 5) is 6.35. The van der Waals surface area contributed by atoms with Crippen LogP contribution in [-0.4, -0.2) is 47.3 Å². The van der Waals surface area contributed by atoms with E-state index in [2.05, 4.69) is 32.2 Å². The lowest BCUT2D eigenvalue weighted by Crippen LogP contribution is -2.19. The van der Waals surface area contributed by atoms with E-state index >= 15 is 0 Å². The average molecular weight is 282 g/mol. The van der Waals surface area contributed by atoms with Crippen LogP contribution >= 0.6 is 0 Å². The highest BCUT2D eigenvalue weighted by Gasteiger charge is 2.04. The molecule has 0 unspecified atom stereocenters. The number of ether oxygens (including phenoxy) is 1. The van der Waals surface area contributed by atoms with E-state index in [9.17, 15) is 0 Å². The number of hydrogen-bond acceptors (Lipinski definition) is 4. The first-order valence-electron chi connectivity index (χ1n) is 6.88. The largest absolute Gasteiger partial charge is 0.491 e. The zero-order valence-electron chi connectivity index (χ0n) is 12.2. The Hall–Kier alpha value is -2.40. The topological polar surface area (TPSA) is 54.0 Å². The number of aromatic amines is 1. The zero-order valence-corrected chi connectivity index (χ0v) is 12.2. The molecule has 0 aliphatic heterocycles. The second-order valence-corrected chi connectivity index (χ2v) is 5.23. The molecule has 0 fully saturated rings. The van der Waals surface area contributed by atoms with Gasteiger partial charge in [-0.25, -0.2) is 0 Å². The van der Waals surface area contributed by atoms with E-state index in [-0.39, 0.29) is 0 Å². The van der Waals surface area contributed by atoms with Crippen LogP contribution in [0.2, 0.25) is 0 Å². The van der Waals surface area contributed by atoms with E-state index < -0.39 is 0 Å². The van der Waals surface area contributed by atoms with Crippen molar-refractivity contribution >= 4 is 10.9 Å². The van der Waals surface area contributed by atoms with Gasteiger partial charge in [0.05, 0.1) is 17.9 Å². The van der Waals surface area contributed by atoms with Gasteiger partial charge in [0.15, 0.2) is 0 Å². The van der Waals surface area contributed by atoms with Crippen molar-refractivity contribution in [3.05, 3.63) is 42.9 Å². The number of H-pyrrole nitrogens is 1. The van der Waals surface area contributed by atoms with Crippen LogP contribution in [0.5, 0.6) is 5.75 Å².